The molecule has 1 N–H and O–H groups in total. The number of benzene rings is 1. The van der Waals surface area contributed by atoms with Gasteiger partial charge in [0.25, 0.3) is 0 Å². The molecule has 2 unspecified atom stereocenters. The summed E-state index contributed by atoms with van der Waals surface area (Å²) in [6.07, 6.45) is 1.23. The predicted molar refractivity (Wildman–Crippen MR) is 92.4 cm³/mol. The van der Waals surface area contributed by atoms with Gasteiger partial charge in [-0.25, -0.2) is 8.42 Å². The molecule has 1 aliphatic heterocycles. The predicted octanol–water partition coefficient (Wildman–Crippen LogP) is 1.71. The highest BCUT2D eigenvalue weighted by atomic mass is 32.2. The fourth-order valence-corrected chi connectivity index (χ4v) is 3.42. The number of sulfone groups is 1. The molecule has 1 aliphatic rings. The van der Waals surface area contributed by atoms with Crippen molar-refractivity contribution in [2.75, 3.05) is 45.6 Å². The van der Waals surface area contributed by atoms with Gasteiger partial charge in [-0.1, -0.05) is 19.1 Å². The van der Waals surface area contributed by atoms with Gasteiger partial charge < -0.3 is 10.1 Å². The number of hydrogen-bond acceptors (Lipinski definition) is 5. The number of nitrogens with one attached hydrogen (secondary N) is 1. The number of nitrogens with zero attached hydrogens (tertiary/aromatic N) is 1. The van der Waals surface area contributed by atoms with Crippen molar-refractivity contribution in [3.63, 3.8) is 0 Å². The van der Waals surface area contributed by atoms with E-state index in [-0.39, 0.29) is 6.04 Å². The fourth-order valence-electron chi connectivity index (χ4n) is 2.79. The second-order valence-electron chi connectivity index (χ2n) is 6.49. The molecule has 0 aliphatic carbocycles. The second kappa shape index (κ2) is 8.24. The standard InChI is InChI=1S/C17H28N2O3S/c1-14(13-19-8-10-22-11-9-19)12-18-15(2)16-4-6-17(7-5-16)23(3,20)21/h4-7,14-15,18H,8-13H2,1-3H3. The summed E-state index contributed by atoms with van der Waals surface area (Å²) in [4.78, 5) is 2.82. The summed E-state index contributed by atoms with van der Waals surface area (Å²) in [6, 6.07) is 7.34. The van der Waals surface area contributed by atoms with Crippen LogP contribution in [0.1, 0.15) is 25.5 Å². The lowest BCUT2D eigenvalue weighted by Gasteiger charge is -2.29. The fraction of sp³-hybridized carbons (Fsp3) is 0.647. The zero-order valence-electron chi connectivity index (χ0n) is 14.3. The van der Waals surface area contributed by atoms with Crippen LogP contribution in [-0.4, -0.2) is 59.0 Å². The van der Waals surface area contributed by atoms with Crippen LogP contribution in [0.2, 0.25) is 0 Å². The molecule has 23 heavy (non-hydrogen) atoms. The van der Waals surface area contributed by atoms with Crippen LogP contribution >= 0.6 is 0 Å². The summed E-state index contributed by atoms with van der Waals surface area (Å²) in [5, 5.41) is 3.54. The minimum atomic E-state index is -3.12. The maximum atomic E-state index is 11.5. The van der Waals surface area contributed by atoms with E-state index in [1.165, 1.54) is 6.26 Å². The van der Waals surface area contributed by atoms with E-state index in [4.69, 9.17) is 4.74 Å². The molecule has 5 nitrogen and oxygen atoms in total. The molecule has 2 atom stereocenters. The summed E-state index contributed by atoms with van der Waals surface area (Å²) in [5.41, 5.74) is 1.11. The van der Waals surface area contributed by atoms with Crippen LogP contribution in [0.3, 0.4) is 0 Å². The molecular weight excluding hydrogens is 312 g/mol. The molecule has 0 saturated carbocycles. The Bertz CT molecular complexity index is 580. The van der Waals surface area contributed by atoms with E-state index in [2.05, 4.69) is 24.1 Å². The molecule has 2 rings (SSSR count). The summed E-state index contributed by atoms with van der Waals surface area (Å²) < 4.78 is 28.3. The SMILES string of the molecule is CC(CNC(C)c1ccc(S(C)(=O)=O)cc1)CN1CCOCC1. The first-order valence-corrected chi connectivity index (χ1v) is 10.1. The van der Waals surface area contributed by atoms with E-state index in [1.807, 2.05) is 12.1 Å². The van der Waals surface area contributed by atoms with Gasteiger partial charge in [-0.05, 0) is 37.1 Å². The average Bonchev–Trinajstić information content (AvgIpc) is 2.53. The lowest BCUT2D eigenvalue weighted by molar-refractivity contribution is 0.0317. The molecule has 1 heterocycles. The van der Waals surface area contributed by atoms with Crippen LogP contribution in [0.25, 0.3) is 0 Å². The lowest BCUT2D eigenvalue weighted by Crippen LogP contribution is -2.41. The second-order valence-corrected chi connectivity index (χ2v) is 8.51. The van der Waals surface area contributed by atoms with Gasteiger partial charge in [-0.3, -0.25) is 4.90 Å². The summed E-state index contributed by atoms with van der Waals surface area (Å²) in [6.45, 7) is 10.1. The molecular formula is C17H28N2O3S. The number of rotatable bonds is 7. The topological polar surface area (TPSA) is 58.6 Å². The third-order valence-electron chi connectivity index (χ3n) is 4.25. The number of morpholine rings is 1. The van der Waals surface area contributed by atoms with Gasteiger partial charge >= 0.3 is 0 Å². The molecule has 1 aromatic rings. The highest BCUT2D eigenvalue weighted by Crippen LogP contribution is 2.16. The molecule has 1 aromatic carbocycles. The maximum Gasteiger partial charge on any atom is 0.175 e. The van der Waals surface area contributed by atoms with Gasteiger partial charge in [0.15, 0.2) is 9.84 Å². The summed E-state index contributed by atoms with van der Waals surface area (Å²) in [7, 11) is -3.12. The number of hydrogen-bond donors (Lipinski definition) is 1. The first kappa shape index (κ1) is 18.4. The lowest BCUT2D eigenvalue weighted by atomic mass is 10.1. The van der Waals surface area contributed by atoms with E-state index in [9.17, 15) is 8.42 Å². The highest BCUT2D eigenvalue weighted by Gasteiger charge is 2.15. The molecule has 0 spiro atoms. The number of ether oxygens (including phenoxy) is 1. The van der Waals surface area contributed by atoms with E-state index < -0.39 is 9.84 Å². The molecule has 6 heteroatoms. The van der Waals surface area contributed by atoms with Gasteiger partial charge in [-0.2, -0.15) is 0 Å². The van der Waals surface area contributed by atoms with Crippen molar-refractivity contribution in [1.29, 1.82) is 0 Å². The first-order valence-electron chi connectivity index (χ1n) is 8.20. The maximum absolute atomic E-state index is 11.5. The van der Waals surface area contributed by atoms with Crippen LogP contribution in [0.5, 0.6) is 0 Å². The minimum Gasteiger partial charge on any atom is -0.379 e. The van der Waals surface area contributed by atoms with Gasteiger partial charge in [0.05, 0.1) is 18.1 Å². The van der Waals surface area contributed by atoms with E-state index in [1.54, 1.807) is 12.1 Å². The van der Waals surface area contributed by atoms with Crippen molar-refractivity contribution in [3.05, 3.63) is 29.8 Å². The summed E-state index contributed by atoms with van der Waals surface area (Å²) in [5.74, 6) is 0.561. The van der Waals surface area contributed by atoms with Crippen molar-refractivity contribution in [1.82, 2.24) is 10.2 Å². The molecule has 0 amide bonds. The van der Waals surface area contributed by atoms with Crippen LogP contribution < -0.4 is 5.32 Å². The zero-order valence-corrected chi connectivity index (χ0v) is 15.1. The molecule has 0 aromatic heterocycles. The monoisotopic (exact) mass is 340 g/mol. The molecule has 0 bridgehead atoms. The van der Waals surface area contributed by atoms with Crippen molar-refractivity contribution in [2.45, 2.75) is 24.8 Å². The Morgan fingerprint density at radius 2 is 1.78 bits per heavy atom. The Kier molecular flexibility index (Phi) is 6.59. The highest BCUT2D eigenvalue weighted by molar-refractivity contribution is 7.90. The molecule has 0 radical (unpaired) electrons. The van der Waals surface area contributed by atoms with Crippen LogP contribution in [0.4, 0.5) is 0 Å². The quantitative estimate of drug-likeness (QED) is 0.819. The summed E-state index contributed by atoms with van der Waals surface area (Å²) >= 11 is 0. The minimum absolute atomic E-state index is 0.204. The normalized spacial score (nSPS) is 19.4. The van der Waals surface area contributed by atoms with E-state index >= 15 is 0 Å². The zero-order chi connectivity index (χ0) is 16.9. The van der Waals surface area contributed by atoms with Crippen LogP contribution in [0.15, 0.2) is 29.2 Å². The van der Waals surface area contributed by atoms with Crippen molar-refractivity contribution < 1.29 is 13.2 Å². The largest absolute Gasteiger partial charge is 0.379 e. The Morgan fingerprint density at radius 1 is 1.17 bits per heavy atom. The van der Waals surface area contributed by atoms with Crippen molar-refractivity contribution in [2.24, 2.45) is 5.92 Å². The third kappa shape index (κ3) is 5.88. The first-order chi connectivity index (χ1) is 10.9. The Labute approximate surface area is 139 Å². The average molecular weight is 340 g/mol. The van der Waals surface area contributed by atoms with Gasteiger partial charge in [0, 0.05) is 31.9 Å². The van der Waals surface area contributed by atoms with Gasteiger partial charge in [0.2, 0.25) is 0 Å². The van der Waals surface area contributed by atoms with Crippen LogP contribution in [0, 0.1) is 5.92 Å². The Balaban J connectivity index is 1.80. The van der Waals surface area contributed by atoms with Crippen LogP contribution in [-0.2, 0) is 14.6 Å². The third-order valence-corrected chi connectivity index (χ3v) is 5.38. The van der Waals surface area contributed by atoms with Gasteiger partial charge in [0.1, 0.15) is 0 Å². The molecule has 1 fully saturated rings. The molecule has 130 valence electrons. The van der Waals surface area contributed by atoms with Gasteiger partial charge in [-0.15, -0.1) is 0 Å². The van der Waals surface area contributed by atoms with E-state index in [0.717, 1.165) is 45.0 Å². The van der Waals surface area contributed by atoms with Crippen molar-refractivity contribution in [3.8, 4) is 0 Å². The molecule has 1 saturated heterocycles. The Morgan fingerprint density at radius 3 is 2.35 bits per heavy atom. The smallest absolute Gasteiger partial charge is 0.175 e. The van der Waals surface area contributed by atoms with E-state index in [0.29, 0.717) is 10.8 Å². The Hall–Kier alpha value is -0.950. The van der Waals surface area contributed by atoms with Crippen molar-refractivity contribution >= 4 is 9.84 Å².